The Labute approximate surface area is 91.6 Å². The van der Waals surface area contributed by atoms with Crippen molar-refractivity contribution in [3.8, 4) is 0 Å². The topological polar surface area (TPSA) is 20.3 Å². The van der Waals surface area contributed by atoms with Gasteiger partial charge >= 0.3 is 5.37 Å². The third-order valence-electron chi connectivity index (χ3n) is 3.04. The van der Waals surface area contributed by atoms with E-state index in [1.54, 1.807) is 0 Å². The average Bonchev–Trinajstić information content (AvgIpc) is 2.13. The van der Waals surface area contributed by atoms with Gasteiger partial charge in [0.25, 0.3) is 0 Å². The van der Waals surface area contributed by atoms with Gasteiger partial charge in [-0.25, -0.2) is 0 Å². The van der Waals surface area contributed by atoms with E-state index < -0.39 is 0 Å². The first-order valence-electron chi connectivity index (χ1n) is 5.61. The summed E-state index contributed by atoms with van der Waals surface area (Å²) in [7, 11) is 0. The van der Waals surface area contributed by atoms with Crippen molar-refractivity contribution in [2.45, 2.75) is 52.0 Å². The smallest absolute Gasteiger partial charge is 0.316 e. The SMILES string of the molecule is CCCN(C(=O)Cl)C1CCCC(C)C1. The summed E-state index contributed by atoms with van der Waals surface area (Å²) in [5, 5.41) is -0.272. The van der Waals surface area contributed by atoms with Crippen molar-refractivity contribution in [3.63, 3.8) is 0 Å². The Morgan fingerprint density at radius 2 is 2.21 bits per heavy atom. The zero-order valence-corrected chi connectivity index (χ0v) is 9.89. The van der Waals surface area contributed by atoms with Gasteiger partial charge in [0.2, 0.25) is 0 Å². The van der Waals surface area contributed by atoms with Gasteiger partial charge in [0, 0.05) is 12.6 Å². The first kappa shape index (κ1) is 11.8. The van der Waals surface area contributed by atoms with Crippen LogP contribution in [0.15, 0.2) is 0 Å². The van der Waals surface area contributed by atoms with Crippen LogP contribution in [-0.4, -0.2) is 22.9 Å². The fourth-order valence-corrected chi connectivity index (χ4v) is 2.56. The zero-order valence-electron chi connectivity index (χ0n) is 9.13. The molecule has 0 radical (unpaired) electrons. The Balaban J connectivity index is 2.53. The summed E-state index contributed by atoms with van der Waals surface area (Å²) in [6.07, 6.45) is 5.77. The van der Waals surface area contributed by atoms with E-state index in [-0.39, 0.29) is 5.37 Å². The van der Waals surface area contributed by atoms with E-state index in [0.717, 1.165) is 31.7 Å². The van der Waals surface area contributed by atoms with Crippen molar-refractivity contribution in [2.24, 2.45) is 5.92 Å². The monoisotopic (exact) mass is 217 g/mol. The van der Waals surface area contributed by atoms with E-state index in [1.165, 1.54) is 12.8 Å². The largest absolute Gasteiger partial charge is 0.326 e. The first-order chi connectivity index (χ1) is 6.65. The van der Waals surface area contributed by atoms with E-state index in [9.17, 15) is 4.79 Å². The standard InChI is InChI=1S/C11H20ClNO/c1-3-7-13(11(12)14)10-6-4-5-9(2)8-10/h9-10H,3-8H2,1-2H3. The Bertz CT molecular complexity index is 196. The molecule has 0 aromatic rings. The molecule has 0 spiro atoms. The molecule has 0 aliphatic heterocycles. The van der Waals surface area contributed by atoms with Crippen LogP contribution in [0.3, 0.4) is 0 Å². The number of amides is 1. The van der Waals surface area contributed by atoms with Crippen molar-refractivity contribution < 1.29 is 4.79 Å². The quantitative estimate of drug-likeness (QED) is 0.522. The summed E-state index contributed by atoms with van der Waals surface area (Å²) < 4.78 is 0. The molecule has 1 saturated carbocycles. The number of halogens is 1. The molecule has 1 rings (SSSR count). The molecule has 2 nitrogen and oxygen atoms in total. The second-order valence-electron chi connectivity index (χ2n) is 4.37. The summed E-state index contributed by atoms with van der Waals surface area (Å²) >= 11 is 5.59. The van der Waals surface area contributed by atoms with Gasteiger partial charge in [-0.2, -0.15) is 0 Å². The molecule has 0 saturated heterocycles. The second-order valence-corrected chi connectivity index (χ2v) is 4.70. The van der Waals surface area contributed by atoms with Crippen molar-refractivity contribution in [2.75, 3.05) is 6.54 Å². The number of rotatable bonds is 3. The summed E-state index contributed by atoms with van der Waals surface area (Å²) in [4.78, 5) is 13.1. The third-order valence-corrected chi connectivity index (χ3v) is 3.26. The minimum absolute atomic E-state index is 0.272. The molecule has 0 aromatic heterocycles. The van der Waals surface area contributed by atoms with Gasteiger partial charge in [-0.05, 0) is 36.8 Å². The highest BCUT2D eigenvalue weighted by molar-refractivity contribution is 6.62. The fraction of sp³-hybridized carbons (Fsp3) is 0.909. The van der Waals surface area contributed by atoms with E-state index in [2.05, 4.69) is 13.8 Å². The van der Waals surface area contributed by atoms with Crippen LogP contribution >= 0.6 is 11.6 Å². The van der Waals surface area contributed by atoms with Crippen LogP contribution in [0.2, 0.25) is 0 Å². The highest BCUT2D eigenvalue weighted by Crippen LogP contribution is 2.28. The summed E-state index contributed by atoms with van der Waals surface area (Å²) in [5.41, 5.74) is 0. The number of hydrogen-bond donors (Lipinski definition) is 0. The average molecular weight is 218 g/mol. The molecular weight excluding hydrogens is 198 g/mol. The van der Waals surface area contributed by atoms with Crippen LogP contribution in [0.5, 0.6) is 0 Å². The lowest BCUT2D eigenvalue weighted by atomic mass is 9.86. The van der Waals surface area contributed by atoms with Crippen LogP contribution in [-0.2, 0) is 0 Å². The van der Waals surface area contributed by atoms with E-state index in [4.69, 9.17) is 11.6 Å². The van der Waals surface area contributed by atoms with Gasteiger partial charge < -0.3 is 4.90 Å². The highest BCUT2D eigenvalue weighted by Gasteiger charge is 2.26. The van der Waals surface area contributed by atoms with Crippen molar-refractivity contribution in [1.29, 1.82) is 0 Å². The Morgan fingerprint density at radius 3 is 2.71 bits per heavy atom. The lowest BCUT2D eigenvalue weighted by Gasteiger charge is -2.35. The molecule has 1 amide bonds. The maximum Gasteiger partial charge on any atom is 0.316 e. The minimum Gasteiger partial charge on any atom is -0.326 e. The molecule has 82 valence electrons. The lowest BCUT2D eigenvalue weighted by Crippen LogP contribution is -2.40. The van der Waals surface area contributed by atoms with Crippen LogP contribution in [0.25, 0.3) is 0 Å². The van der Waals surface area contributed by atoms with Crippen LogP contribution in [0.1, 0.15) is 46.0 Å². The van der Waals surface area contributed by atoms with Crippen molar-refractivity contribution >= 4 is 17.0 Å². The maximum atomic E-state index is 11.2. The van der Waals surface area contributed by atoms with E-state index in [1.807, 2.05) is 4.90 Å². The molecule has 1 aliphatic rings. The minimum atomic E-state index is -0.272. The van der Waals surface area contributed by atoms with Gasteiger partial charge in [0.15, 0.2) is 0 Å². The summed E-state index contributed by atoms with van der Waals surface area (Å²) in [5.74, 6) is 0.740. The molecule has 2 atom stereocenters. The van der Waals surface area contributed by atoms with Gasteiger partial charge in [-0.3, -0.25) is 4.79 Å². The Hall–Kier alpha value is -0.240. The molecule has 14 heavy (non-hydrogen) atoms. The second kappa shape index (κ2) is 5.59. The van der Waals surface area contributed by atoms with Gasteiger partial charge in [-0.15, -0.1) is 0 Å². The molecule has 2 unspecified atom stereocenters. The molecular formula is C11H20ClNO. The number of carbonyl (C=O) groups is 1. The summed E-state index contributed by atoms with van der Waals surface area (Å²) in [6, 6.07) is 0.392. The maximum absolute atomic E-state index is 11.2. The van der Waals surface area contributed by atoms with Crippen LogP contribution in [0, 0.1) is 5.92 Å². The van der Waals surface area contributed by atoms with Crippen LogP contribution < -0.4 is 0 Å². The van der Waals surface area contributed by atoms with Gasteiger partial charge in [-0.1, -0.05) is 26.7 Å². The highest BCUT2D eigenvalue weighted by atomic mass is 35.5. The van der Waals surface area contributed by atoms with Gasteiger partial charge in [0.1, 0.15) is 0 Å². The molecule has 1 fully saturated rings. The van der Waals surface area contributed by atoms with Gasteiger partial charge in [0.05, 0.1) is 0 Å². The molecule has 0 N–H and O–H groups in total. The zero-order chi connectivity index (χ0) is 10.6. The first-order valence-corrected chi connectivity index (χ1v) is 5.99. The molecule has 1 aliphatic carbocycles. The molecule has 0 aromatic carbocycles. The van der Waals surface area contributed by atoms with Crippen molar-refractivity contribution in [3.05, 3.63) is 0 Å². The number of carbonyl (C=O) groups excluding carboxylic acids is 1. The van der Waals surface area contributed by atoms with E-state index >= 15 is 0 Å². The summed E-state index contributed by atoms with van der Waals surface area (Å²) in [6.45, 7) is 5.15. The lowest BCUT2D eigenvalue weighted by molar-refractivity contribution is 0.160. The normalized spacial score (nSPS) is 27.4. The molecule has 0 bridgehead atoms. The number of nitrogens with zero attached hydrogens (tertiary/aromatic N) is 1. The van der Waals surface area contributed by atoms with Crippen LogP contribution in [0.4, 0.5) is 4.79 Å². The molecule has 3 heteroatoms. The predicted molar refractivity (Wildman–Crippen MR) is 59.7 cm³/mol. The molecule has 0 heterocycles. The Kier molecular flexibility index (Phi) is 4.73. The predicted octanol–water partition coefficient (Wildman–Crippen LogP) is 3.64. The third kappa shape index (κ3) is 3.16. The Morgan fingerprint density at radius 1 is 1.50 bits per heavy atom. The van der Waals surface area contributed by atoms with Crippen molar-refractivity contribution in [1.82, 2.24) is 4.90 Å². The number of hydrogen-bond acceptors (Lipinski definition) is 1. The fourth-order valence-electron chi connectivity index (χ4n) is 2.34. The van der Waals surface area contributed by atoms with E-state index in [0.29, 0.717) is 6.04 Å².